The molecule has 1 N–H and O–H groups in total. The van der Waals surface area contributed by atoms with Crippen molar-refractivity contribution in [3.63, 3.8) is 0 Å². The largest absolute Gasteiger partial charge is 0.338 e. The third kappa shape index (κ3) is 2.21. The van der Waals surface area contributed by atoms with Gasteiger partial charge in [0.25, 0.3) is 0 Å². The number of amides is 1. The van der Waals surface area contributed by atoms with Gasteiger partial charge in [0.05, 0.1) is 0 Å². The summed E-state index contributed by atoms with van der Waals surface area (Å²) in [6.07, 6.45) is 1.01. The number of carbonyl (C=O) groups excluding carboxylic acids is 1. The molecule has 0 aromatic carbocycles. The Morgan fingerprint density at radius 2 is 2.23 bits per heavy atom. The third-order valence-electron chi connectivity index (χ3n) is 2.89. The molecule has 1 rings (SSSR count). The Labute approximate surface area is 80.5 Å². The Kier molecular flexibility index (Phi) is 3.31. The molecule has 1 aliphatic rings. The van der Waals surface area contributed by atoms with Crippen LogP contribution in [0.5, 0.6) is 0 Å². The first-order valence-electron chi connectivity index (χ1n) is 5.04. The molecule has 1 saturated heterocycles. The third-order valence-corrected chi connectivity index (χ3v) is 2.89. The van der Waals surface area contributed by atoms with Crippen LogP contribution in [-0.4, -0.2) is 36.5 Å². The molecule has 0 spiro atoms. The maximum Gasteiger partial charge on any atom is 0.225 e. The van der Waals surface area contributed by atoms with E-state index in [1.165, 1.54) is 0 Å². The van der Waals surface area contributed by atoms with Crippen molar-refractivity contribution in [1.29, 1.82) is 0 Å². The second kappa shape index (κ2) is 4.09. The van der Waals surface area contributed by atoms with Gasteiger partial charge < -0.3 is 10.2 Å². The summed E-state index contributed by atoms with van der Waals surface area (Å²) in [5.74, 6) is 0.536. The van der Waals surface area contributed by atoms with Gasteiger partial charge in [-0.3, -0.25) is 4.79 Å². The van der Waals surface area contributed by atoms with Crippen molar-refractivity contribution >= 4 is 5.91 Å². The highest BCUT2D eigenvalue weighted by atomic mass is 16.2. The molecule has 3 nitrogen and oxygen atoms in total. The van der Waals surface area contributed by atoms with Crippen LogP contribution in [0, 0.1) is 5.92 Å². The molecule has 3 atom stereocenters. The van der Waals surface area contributed by atoms with Crippen molar-refractivity contribution in [1.82, 2.24) is 10.2 Å². The van der Waals surface area contributed by atoms with Crippen molar-refractivity contribution in [2.24, 2.45) is 5.92 Å². The minimum atomic E-state index is 0.221. The van der Waals surface area contributed by atoms with Crippen molar-refractivity contribution in [3.8, 4) is 0 Å². The van der Waals surface area contributed by atoms with Crippen LogP contribution in [0.2, 0.25) is 0 Å². The lowest BCUT2D eigenvalue weighted by atomic mass is 10.1. The van der Waals surface area contributed by atoms with Gasteiger partial charge in [-0.15, -0.1) is 0 Å². The second-order valence-electron chi connectivity index (χ2n) is 4.17. The summed E-state index contributed by atoms with van der Waals surface area (Å²) >= 11 is 0. The normalized spacial score (nSPS) is 31.1. The van der Waals surface area contributed by atoms with E-state index in [0.717, 1.165) is 13.0 Å². The first kappa shape index (κ1) is 10.5. The minimum Gasteiger partial charge on any atom is -0.338 e. The molecule has 0 saturated carbocycles. The molecular weight excluding hydrogens is 164 g/mol. The predicted molar refractivity (Wildman–Crippen MR) is 53.5 cm³/mol. The fourth-order valence-electron chi connectivity index (χ4n) is 1.90. The van der Waals surface area contributed by atoms with E-state index < -0.39 is 0 Å². The highest BCUT2D eigenvalue weighted by Gasteiger charge is 2.34. The van der Waals surface area contributed by atoms with E-state index in [1.54, 1.807) is 0 Å². The lowest BCUT2D eigenvalue weighted by Gasteiger charge is -2.25. The van der Waals surface area contributed by atoms with Crippen molar-refractivity contribution < 1.29 is 4.79 Å². The molecule has 0 radical (unpaired) electrons. The first-order chi connectivity index (χ1) is 6.06. The molecule has 0 bridgehead atoms. The zero-order valence-electron chi connectivity index (χ0n) is 9.00. The number of rotatable bonds is 3. The average Bonchev–Trinajstić information content (AvgIpc) is 2.32. The summed E-state index contributed by atoms with van der Waals surface area (Å²) in [7, 11) is 1.93. The molecular formula is C10H20N2O. The minimum absolute atomic E-state index is 0.221. The molecule has 3 heteroatoms. The number of carbonyl (C=O) groups is 1. The molecule has 13 heavy (non-hydrogen) atoms. The van der Waals surface area contributed by atoms with Crippen LogP contribution in [-0.2, 0) is 4.79 Å². The second-order valence-corrected chi connectivity index (χ2v) is 4.17. The van der Waals surface area contributed by atoms with Crippen molar-refractivity contribution in [2.45, 2.75) is 39.3 Å². The van der Waals surface area contributed by atoms with Gasteiger partial charge in [-0.2, -0.15) is 0 Å². The van der Waals surface area contributed by atoms with Crippen molar-refractivity contribution in [2.75, 3.05) is 13.6 Å². The molecule has 0 aromatic rings. The number of hydrogen-bond acceptors (Lipinski definition) is 2. The van der Waals surface area contributed by atoms with Crippen LogP contribution in [0.4, 0.5) is 0 Å². The van der Waals surface area contributed by atoms with E-state index in [4.69, 9.17) is 0 Å². The van der Waals surface area contributed by atoms with Crippen LogP contribution in [0.25, 0.3) is 0 Å². The number of hydrogen-bond donors (Lipinski definition) is 1. The number of likely N-dealkylation sites (tertiary alicyclic amines) is 1. The molecule has 1 heterocycles. The van der Waals surface area contributed by atoms with E-state index in [0.29, 0.717) is 18.0 Å². The number of nitrogens with zero attached hydrogens (tertiary/aromatic N) is 1. The molecule has 3 unspecified atom stereocenters. The highest BCUT2D eigenvalue weighted by Crippen LogP contribution is 2.23. The van der Waals surface area contributed by atoms with E-state index in [-0.39, 0.29) is 5.92 Å². The maximum atomic E-state index is 11.7. The average molecular weight is 184 g/mol. The van der Waals surface area contributed by atoms with Crippen LogP contribution in [0.15, 0.2) is 0 Å². The smallest absolute Gasteiger partial charge is 0.225 e. The fourth-order valence-corrected chi connectivity index (χ4v) is 1.90. The van der Waals surface area contributed by atoms with E-state index in [9.17, 15) is 4.79 Å². The van der Waals surface area contributed by atoms with Crippen LogP contribution >= 0.6 is 0 Å². The van der Waals surface area contributed by atoms with Gasteiger partial charge >= 0.3 is 0 Å². The predicted octanol–water partition coefficient (Wildman–Crippen LogP) is 0.851. The lowest BCUT2D eigenvalue weighted by molar-refractivity contribution is -0.131. The Bertz CT molecular complexity index is 193. The summed E-state index contributed by atoms with van der Waals surface area (Å²) in [5.41, 5.74) is 0. The summed E-state index contributed by atoms with van der Waals surface area (Å²) < 4.78 is 0. The van der Waals surface area contributed by atoms with Gasteiger partial charge in [0.2, 0.25) is 5.91 Å². The van der Waals surface area contributed by atoms with Crippen molar-refractivity contribution in [3.05, 3.63) is 0 Å². The monoisotopic (exact) mass is 184 g/mol. The molecule has 0 aliphatic carbocycles. The summed E-state index contributed by atoms with van der Waals surface area (Å²) in [5, 5.41) is 3.15. The fraction of sp³-hybridized carbons (Fsp3) is 0.900. The summed E-state index contributed by atoms with van der Waals surface area (Å²) in [4.78, 5) is 13.7. The Hall–Kier alpha value is -0.570. The van der Waals surface area contributed by atoms with Gasteiger partial charge in [-0.1, -0.05) is 6.92 Å². The number of likely N-dealkylation sites (N-methyl/N-ethyl adjacent to an activating group) is 1. The van der Waals surface area contributed by atoms with Gasteiger partial charge in [0, 0.05) is 24.5 Å². The highest BCUT2D eigenvalue weighted by molar-refractivity contribution is 5.81. The number of nitrogens with one attached hydrogen (secondary N) is 1. The first-order valence-corrected chi connectivity index (χ1v) is 5.04. The Balaban J connectivity index is 2.53. The van der Waals surface area contributed by atoms with E-state index >= 15 is 0 Å². The zero-order valence-corrected chi connectivity index (χ0v) is 9.00. The Morgan fingerprint density at radius 3 is 2.62 bits per heavy atom. The zero-order chi connectivity index (χ0) is 10.0. The molecule has 0 aromatic heterocycles. The van der Waals surface area contributed by atoms with Crippen LogP contribution < -0.4 is 5.32 Å². The molecule has 1 aliphatic heterocycles. The van der Waals surface area contributed by atoms with E-state index in [2.05, 4.69) is 19.2 Å². The summed E-state index contributed by atoms with van der Waals surface area (Å²) in [6, 6.07) is 0.801. The molecule has 76 valence electrons. The molecule has 1 amide bonds. The van der Waals surface area contributed by atoms with Gasteiger partial charge in [-0.25, -0.2) is 0 Å². The molecule has 1 fully saturated rings. The lowest BCUT2D eigenvalue weighted by Crippen LogP contribution is -2.41. The van der Waals surface area contributed by atoms with Crippen LogP contribution in [0.1, 0.15) is 27.2 Å². The van der Waals surface area contributed by atoms with E-state index in [1.807, 2.05) is 18.9 Å². The summed E-state index contributed by atoms with van der Waals surface area (Å²) in [6.45, 7) is 7.08. The maximum absolute atomic E-state index is 11.7. The SMILES string of the molecule is CNC(C)CN1C(=O)C(C)CC1C. The van der Waals surface area contributed by atoms with Gasteiger partial charge in [-0.05, 0) is 27.3 Å². The quantitative estimate of drug-likeness (QED) is 0.705. The van der Waals surface area contributed by atoms with Gasteiger partial charge in [0.15, 0.2) is 0 Å². The van der Waals surface area contributed by atoms with Gasteiger partial charge in [0.1, 0.15) is 0 Å². The standard InChI is InChI=1S/C10H20N2O/c1-7-5-9(3)12(10(7)13)6-8(2)11-4/h7-9,11H,5-6H2,1-4H3. The topological polar surface area (TPSA) is 32.3 Å². The Morgan fingerprint density at radius 1 is 1.62 bits per heavy atom. The van der Waals surface area contributed by atoms with Crippen LogP contribution in [0.3, 0.4) is 0 Å².